The zero-order valence-electron chi connectivity index (χ0n) is 10.9. The molecule has 2 aliphatic rings. The van der Waals surface area contributed by atoms with Crippen LogP contribution in [0, 0.1) is 5.82 Å². The molecule has 21 heavy (non-hydrogen) atoms. The zero-order valence-corrected chi connectivity index (χ0v) is 10.9. The summed E-state index contributed by atoms with van der Waals surface area (Å²) in [6, 6.07) is 3.84. The first-order valence-electron chi connectivity index (χ1n) is 6.79. The van der Waals surface area contributed by atoms with Crippen LogP contribution in [0.2, 0.25) is 0 Å². The molecule has 0 radical (unpaired) electrons. The number of benzene rings is 1. The van der Waals surface area contributed by atoms with Crippen molar-refractivity contribution in [3.8, 4) is 0 Å². The van der Waals surface area contributed by atoms with E-state index >= 15 is 0 Å². The predicted molar refractivity (Wildman–Crippen MR) is 67.3 cm³/mol. The number of alkyl halides is 3. The Morgan fingerprint density at radius 2 is 2.00 bits per heavy atom. The quantitative estimate of drug-likeness (QED) is 0.681. The minimum atomic E-state index is -4.63. The van der Waals surface area contributed by atoms with Crippen LogP contribution in [0.4, 0.5) is 17.6 Å². The number of fused-ring (bicyclic) bond motifs is 5. The summed E-state index contributed by atoms with van der Waals surface area (Å²) < 4.78 is 60.3. The zero-order chi connectivity index (χ0) is 14.8. The molecule has 0 N–H and O–H groups in total. The van der Waals surface area contributed by atoms with Gasteiger partial charge in [-0.25, -0.2) is 4.39 Å². The Kier molecular flexibility index (Phi) is 2.58. The van der Waals surface area contributed by atoms with Crippen molar-refractivity contribution in [3.05, 3.63) is 40.8 Å². The molecule has 2 unspecified atom stereocenters. The van der Waals surface area contributed by atoms with Crippen LogP contribution in [0.5, 0.6) is 0 Å². The van der Waals surface area contributed by atoms with Crippen LogP contribution < -0.4 is 0 Å². The number of aromatic nitrogens is 1. The SMILES string of the molecule is Fc1cccc2nc3c(c(C(F)(F)F)c12)C1CCC(C3)O1. The van der Waals surface area contributed by atoms with E-state index in [4.69, 9.17) is 4.74 Å². The number of nitrogens with zero attached hydrogens (tertiary/aromatic N) is 1. The van der Waals surface area contributed by atoms with Crippen LogP contribution in [0.25, 0.3) is 10.9 Å². The van der Waals surface area contributed by atoms with E-state index in [1.165, 1.54) is 12.1 Å². The number of pyridine rings is 1. The molecule has 0 saturated carbocycles. The lowest BCUT2D eigenvalue weighted by Crippen LogP contribution is -2.24. The third kappa shape index (κ3) is 1.85. The van der Waals surface area contributed by atoms with E-state index in [9.17, 15) is 17.6 Å². The van der Waals surface area contributed by atoms with Gasteiger partial charge in [0.15, 0.2) is 0 Å². The number of ether oxygens (including phenoxy) is 1. The van der Waals surface area contributed by atoms with Crippen molar-refractivity contribution < 1.29 is 22.3 Å². The molecule has 110 valence electrons. The number of halogens is 4. The summed E-state index contributed by atoms with van der Waals surface area (Å²) in [4.78, 5) is 4.27. The van der Waals surface area contributed by atoms with Crippen molar-refractivity contribution in [3.63, 3.8) is 0 Å². The summed E-state index contributed by atoms with van der Waals surface area (Å²) in [5, 5.41) is -0.447. The maximum Gasteiger partial charge on any atom is 0.417 e. The fourth-order valence-corrected chi connectivity index (χ4v) is 3.42. The molecule has 2 bridgehead atoms. The van der Waals surface area contributed by atoms with Crippen molar-refractivity contribution in [2.75, 3.05) is 0 Å². The first-order chi connectivity index (χ1) is 9.95. The van der Waals surface area contributed by atoms with Crippen molar-refractivity contribution in [2.45, 2.75) is 37.6 Å². The van der Waals surface area contributed by atoms with Gasteiger partial charge in [0.05, 0.1) is 29.0 Å². The monoisotopic (exact) mass is 297 g/mol. The predicted octanol–water partition coefficient (Wildman–Crippen LogP) is 4.17. The Labute approximate surface area is 117 Å². The van der Waals surface area contributed by atoms with E-state index in [0.29, 0.717) is 18.5 Å². The van der Waals surface area contributed by atoms with Gasteiger partial charge in [-0.05, 0) is 25.0 Å². The Bertz CT molecular complexity index is 741. The van der Waals surface area contributed by atoms with Crippen molar-refractivity contribution in [2.24, 2.45) is 0 Å². The highest BCUT2D eigenvalue weighted by atomic mass is 19.4. The summed E-state index contributed by atoms with van der Waals surface area (Å²) >= 11 is 0. The van der Waals surface area contributed by atoms with Crippen LogP contribution >= 0.6 is 0 Å². The number of hydrogen-bond acceptors (Lipinski definition) is 2. The van der Waals surface area contributed by atoms with Crippen LogP contribution in [0.1, 0.15) is 35.8 Å². The van der Waals surface area contributed by atoms with E-state index in [-0.39, 0.29) is 17.2 Å². The first-order valence-corrected chi connectivity index (χ1v) is 6.79. The molecule has 6 heteroatoms. The molecule has 4 rings (SSSR count). The average Bonchev–Trinajstić information content (AvgIpc) is 2.78. The summed E-state index contributed by atoms with van der Waals surface area (Å²) in [5.74, 6) is -0.893. The van der Waals surface area contributed by atoms with Gasteiger partial charge >= 0.3 is 6.18 Å². The second-order valence-electron chi connectivity index (χ2n) is 5.51. The molecular formula is C15H11F4NO. The molecule has 1 saturated heterocycles. The number of hydrogen-bond donors (Lipinski definition) is 0. The lowest BCUT2D eigenvalue weighted by atomic mass is 9.93. The second kappa shape index (κ2) is 4.16. The molecule has 1 fully saturated rings. The van der Waals surface area contributed by atoms with Gasteiger partial charge in [-0.2, -0.15) is 13.2 Å². The average molecular weight is 297 g/mol. The highest BCUT2D eigenvalue weighted by Crippen LogP contribution is 2.48. The van der Waals surface area contributed by atoms with Gasteiger partial charge in [-0.15, -0.1) is 0 Å². The van der Waals surface area contributed by atoms with Gasteiger partial charge in [-0.1, -0.05) is 6.07 Å². The molecule has 3 heterocycles. The first kappa shape index (κ1) is 13.0. The Morgan fingerprint density at radius 1 is 1.19 bits per heavy atom. The molecule has 2 aromatic rings. The lowest BCUT2D eigenvalue weighted by molar-refractivity contribution is -0.138. The van der Waals surface area contributed by atoms with Gasteiger partial charge in [0.2, 0.25) is 0 Å². The van der Waals surface area contributed by atoms with Gasteiger partial charge in [0, 0.05) is 17.4 Å². The number of rotatable bonds is 0. The molecule has 0 amide bonds. The summed E-state index contributed by atoms with van der Waals surface area (Å²) in [5.41, 5.74) is -0.415. The van der Waals surface area contributed by atoms with Gasteiger partial charge < -0.3 is 4.74 Å². The fourth-order valence-electron chi connectivity index (χ4n) is 3.42. The van der Waals surface area contributed by atoms with E-state index in [1.54, 1.807) is 0 Å². The smallest absolute Gasteiger partial charge is 0.370 e. The highest BCUT2D eigenvalue weighted by molar-refractivity contribution is 5.85. The van der Waals surface area contributed by atoms with E-state index in [1.807, 2.05) is 0 Å². The second-order valence-corrected chi connectivity index (χ2v) is 5.51. The van der Waals surface area contributed by atoms with Crippen LogP contribution in [-0.2, 0) is 17.3 Å². The maximum atomic E-state index is 14.0. The molecule has 0 aliphatic carbocycles. The van der Waals surface area contributed by atoms with E-state index in [2.05, 4.69) is 4.98 Å². The molecular weight excluding hydrogens is 286 g/mol. The Balaban J connectivity index is 2.14. The van der Waals surface area contributed by atoms with E-state index < -0.39 is 29.0 Å². The molecule has 1 aromatic carbocycles. The van der Waals surface area contributed by atoms with Gasteiger partial charge in [0.1, 0.15) is 5.82 Å². The standard InChI is InChI=1S/C15H11F4NO/c16-8-2-1-3-9-12(8)14(15(17,18)19)13-10(20-9)6-7-4-5-11(13)21-7/h1-3,7,11H,4-6H2. The maximum absolute atomic E-state index is 14.0. The summed E-state index contributed by atoms with van der Waals surface area (Å²) in [6.45, 7) is 0. The largest absolute Gasteiger partial charge is 0.417 e. The van der Waals surface area contributed by atoms with Crippen LogP contribution in [0.15, 0.2) is 18.2 Å². The molecule has 0 spiro atoms. The third-order valence-corrected chi connectivity index (χ3v) is 4.21. The Hall–Kier alpha value is -1.69. The third-order valence-electron chi connectivity index (χ3n) is 4.21. The fraction of sp³-hybridized carbons (Fsp3) is 0.400. The summed E-state index contributed by atoms with van der Waals surface area (Å²) in [6.07, 6.45) is -3.71. The molecule has 2 atom stereocenters. The minimum Gasteiger partial charge on any atom is -0.370 e. The summed E-state index contributed by atoms with van der Waals surface area (Å²) in [7, 11) is 0. The molecule has 2 aliphatic heterocycles. The van der Waals surface area contributed by atoms with E-state index in [0.717, 1.165) is 12.5 Å². The normalized spacial score (nSPS) is 24.4. The minimum absolute atomic E-state index is 0.0360. The Morgan fingerprint density at radius 3 is 2.76 bits per heavy atom. The van der Waals surface area contributed by atoms with Crippen LogP contribution in [-0.4, -0.2) is 11.1 Å². The van der Waals surface area contributed by atoms with Crippen molar-refractivity contribution >= 4 is 10.9 Å². The van der Waals surface area contributed by atoms with Crippen molar-refractivity contribution in [1.29, 1.82) is 0 Å². The molecule has 2 nitrogen and oxygen atoms in total. The van der Waals surface area contributed by atoms with Gasteiger partial charge in [-0.3, -0.25) is 4.98 Å². The lowest BCUT2D eigenvalue weighted by Gasteiger charge is -2.27. The van der Waals surface area contributed by atoms with Gasteiger partial charge in [0.25, 0.3) is 0 Å². The molecule has 1 aromatic heterocycles. The van der Waals surface area contributed by atoms with Crippen molar-refractivity contribution in [1.82, 2.24) is 4.98 Å². The van der Waals surface area contributed by atoms with Crippen LogP contribution in [0.3, 0.4) is 0 Å². The topological polar surface area (TPSA) is 22.1 Å². The highest BCUT2D eigenvalue weighted by Gasteiger charge is 2.45.